The molecule has 0 aromatic carbocycles. The molecule has 1 aromatic heterocycles. The van der Waals surface area contributed by atoms with Crippen LogP contribution in [0, 0.1) is 6.92 Å². The van der Waals surface area contributed by atoms with Gasteiger partial charge in [0.15, 0.2) is 5.57 Å². The fraction of sp³-hybridized carbons (Fsp3) is 0.357. The Hall–Kier alpha value is -2.37. The smallest absolute Gasteiger partial charge is 0.347 e. The fourth-order valence-electron chi connectivity index (χ4n) is 1.41. The molecule has 0 amide bonds. The number of carbonyl (C=O) groups excluding carboxylic acids is 2. The van der Waals surface area contributed by atoms with Crippen molar-refractivity contribution in [3.63, 3.8) is 0 Å². The lowest BCUT2D eigenvalue weighted by Gasteiger charge is -2.08. The Balaban J connectivity index is 2.92. The van der Waals surface area contributed by atoms with E-state index in [9.17, 15) is 9.59 Å². The van der Waals surface area contributed by atoms with Crippen LogP contribution in [0.1, 0.15) is 19.5 Å². The van der Waals surface area contributed by atoms with Crippen LogP contribution in [-0.4, -0.2) is 30.1 Å². The summed E-state index contributed by atoms with van der Waals surface area (Å²) in [6, 6.07) is 3.53. The van der Waals surface area contributed by atoms with E-state index in [0.717, 1.165) is 5.69 Å². The molecule has 0 saturated heterocycles. The molecule has 108 valence electrons. The summed E-state index contributed by atoms with van der Waals surface area (Å²) in [4.78, 5) is 27.5. The minimum atomic E-state index is -0.722. The summed E-state index contributed by atoms with van der Waals surface area (Å²) in [6.07, 6.45) is 2.93. The van der Waals surface area contributed by atoms with Crippen LogP contribution in [0.3, 0.4) is 0 Å². The van der Waals surface area contributed by atoms with Gasteiger partial charge in [-0.1, -0.05) is 0 Å². The van der Waals surface area contributed by atoms with Crippen LogP contribution in [0.5, 0.6) is 0 Å². The number of nitrogens with zero attached hydrogens (tertiary/aromatic N) is 1. The van der Waals surface area contributed by atoms with Crippen molar-refractivity contribution in [1.82, 2.24) is 4.98 Å². The average molecular weight is 278 g/mol. The Kier molecular flexibility index (Phi) is 6.22. The van der Waals surface area contributed by atoms with Gasteiger partial charge in [0.25, 0.3) is 0 Å². The summed E-state index contributed by atoms with van der Waals surface area (Å²) in [5.41, 5.74) is 1.26. The van der Waals surface area contributed by atoms with E-state index >= 15 is 0 Å². The van der Waals surface area contributed by atoms with Crippen molar-refractivity contribution in [1.29, 1.82) is 0 Å². The minimum Gasteiger partial charge on any atom is -0.462 e. The second-order valence-corrected chi connectivity index (χ2v) is 3.78. The van der Waals surface area contributed by atoms with Gasteiger partial charge in [-0.3, -0.25) is 4.98 Å². The highest BCUT2D eigenvalue weighted by Gasteiger charge is 2.20. The van der Waals surface area contributed by atoms with Crippen molar-refractivity contribution in [3.8, 4) is 0 Å². The monoisotopic (exact) mass is 278 g/mol. The molecule has 20 heavy (non-hydrogen) atoms. The molecule has 0 saturated carbocycles. The number of hydrogen-bond donors (Lipinski definition) is 1. The molecule has 6 heteroatoms. The van der Waals surface area contributed by atoms with Crippen molar-refractivity contribution in [2.45, 2.75) is 20.8 Å². The first-order valence-corrected chi connectivity index (χ1v) is 6.32. The van der Waals surface area contributed by atoms with Gasteiger partial charge in [0.2, 0.25) is 0 Å². The molecule has 0 aliphatic carbocycles. The van der Waals surface area contributed by atoms with E-state index in [1.807, 2.05) is 6.92 Å². The number of esters is 2. The number of anilines is 1. The number of rotatable bonds is 6. The summed E-state index contributed by atoms with van der Waals surface area (Å²) in [5, 5.41) is 2.87. The predicted octanol–water partition coefficient (Wildman–Crippen LogP) is 1.81. The number of hydrogen-bond acceptors (Lipinski definition) is 6. The summed E-state index contributed by atoms with van der Waals surface area (Å²) in [6.45, 7) is 5.51. The van der Waals surface area contributed by atoms with E-state index in [-0.39, 0.29) is 18.8 Å². The van der Waals surface area contributed by atoms with Crippen LogP contribution in [0.4, 0.5) is 5.69 Å². The molecule has 0 spiro atoms. The lowest BCUT2D eigenvalue weighted by Crippen LogP contribution is -2.19. The molecule has 0 unspecified atom stereocenters. The maximum atomic E-state index is 11.7. The minimum absolute atomic E-state index is 0.182. The molecule has 0 atom stereocenters. The summed E-state index contributed by atoms with van der Waals surface area (Å²) < 4.78 is 9.65. The number of carbonyl (C=O) groups is 2. The van der Waals surface area contributed by atoms with Gasteiger partial charge in [-0.05, 0) is 32.9 Å². The molecule has 0 bridgehead atoms. The Morgan fingerprint density at radius 3 is 2.35 bits per heavy atom. The quantitative estimate of drug-likeness (QED) is 0.370. The molecule has 0 aliphatic heterocycles. The first-order chi connectivity index (χ1) is 9.60. The maximum Gasteiger partial charge on any atom is 0.347 e. The lowest BCUT2D eigenvalue weighted by atomic mass is 10.2. The third kappa shape index (κ3) is 4.38. The molecule has 1 rings (SSSR count). The lowest BCUT2D eigenvalue weighted by molar-refractivity contribution is -0.146. The van der Waals surface area contributed by atoms with E-state index in [4.69, 9.17) is 9.47 Å². The third-order valence-electron chi connectivity index (χ3n) is 2.37. The first-order valence-electron chi connectivity index (χ1n) is 6.32. The van der Waals surface area contributed by atoms with Gasteiger partial charge in [0.1, 0.15) is 0 Å². The van der Waals surface area contributed by atoms with E-state index in [1.165, 1.54) is 6.20 Å². The van der Waals surface area contributed by atoms with Crippen molar-refractivity contribution in [2.24, 2.45) is 0 Å². The van der Waals surface area contributed by atoms with E-state index in [0.29, 0.717) is 5.69 Å². The summed E-state index contributed by atoms with van der Waals surface area (Å²) >= 11 is 0. The Bertz CT molecular complexity index is 492. The Morgan fingerprint density at radius 2 is 1.85 bits per heavy atom. The van der Waals surface area contributed by atoms with Gasteiger partial charge in [-0.15, -0.1) is 0 Å². The molecular formula is C14H18N2O4. The van der Waals surface area contributed by atoms with E-state index in [1.54, 1.807) is 32.2 Å². The predicted molar refractivity (Wildman–Crippen MR) is 73.9 cm³/mol. The Labute approximate surface area is 117 Å². The third-order valence-corrected chi connectivity index (χ3v) is 2.37. The molecule has 1 aromatic rings. The highest BCUT2D eigenvalue weighted by Crippen LogP contribution is 2.12. The topological polar surface area (TPSA) is 77.5 Å². The van der Waals surface area contributed by atoms with Crippen LogP contribution in [-0.2, 0) is 19.1 Å². The average Bonchev–Trinajstić information content (AvgIpc) is 2.41. The van der Waals surface area contributed by atoms with Crippen molar-refractivity contribution < 1.29 is 19.1 Å². The molecule has 1 heterocycles. The van der Waals surface area contributed by atoms with Gasteiger partial charge in [0, 0.05) is 12.4 Å². The zero-order chi connectivity index (χ0) is 15.0. The number of pyridine rings is 1. The second kappa shape index (κ2) is 7.93. The van der Waals surface area contributed by atoms with Gasteiger partial charge in [-0.25, -0.2) is 9.59 Å². The Morgan fingerprint density at radius 1 is 1.25 bits per heavy atom. The van der Waals surface area contributed by atoms with E-state index < -0.39 is 11.9 Å². The summed E-state index contributed by atoms with van der Waals surface area (Å²) in [5.74, 6) is -1.44. The number of ether oxygens (including phenoxy) is 2. The second-order valence-electron chi connectivity index (χ2n) is 3.78. The normalized spacial score (nSPS) is 9.55. The zero-order valence-electron chi connectivity index (χ0n) is 11.8. The van der Waals surface area contributed by atoms with Crippen LogP contribution < -0.4 is 5.32 Å². The number of nitrogens with one attached hydrogen (secondary N) is 1. The molecular weight excluding hydrogens is 260 g/mol. The number of aromatic nitrogens is 1. The fourth-order valence-corrected chi connectivity index (χ4v) is 1.41. The molecule has 1 N–H and O–H groups in total. The van der Waals surface area contributed by atoms with Crippen LogP contribution in [0.2, 0.25) is 0 Å². The highest BCUT2D eigenvalue weighted by molar-refractivity contribution is 6.14. The highest BCUT2D eigenvalue weighted by atomic mass is 16.6. The van der Waals surface area contributed by atoms with Crippen molar-refractivity contribution >= 4 is 17.6 Å². The van der Waals surface area contributed by atoms with Crippen LogP contribution in [0.25, 0.3) is 0 Å². The largest absolute Gasteiger partial charge is 0.462 e. The molecule has 6 nitrogen and oxygen atoms in total. The standard InChI is InChI=1S/C14H18N2O4/c1-4-19-13(17)11(14(18)20-5-2)9-16-12-7-6-8-15-10(12)3/h6-9,16H,4-5H2,1-3H3. The van der Waals surface area contributed by atoms with Crippen LogP contribution in [0.15, 0.2) is 30.1 Å². The van der Waals surface area contributed by atoms with E-state index in [2.05, 4.69) is 10.3 Å². The SMILES string of the molecule is CCOC(=O)C(=CNc1cccnc1C)C(=O)OCC. The zero-order valence-corrected chi connectivity index (χ0v) is 11.8. The molecule has 0 aliphatic rings. The van der Waals surface area contributed by atoms with Gasteiger partial charge in [-0.2, -0.15) is 0 Å². The van der Waals surface area contributed by atoms with Gasteiger partial charge < -0.3 is 14.8 Å². The number of aryl methyl sites for hydroxylation is 1. The van der Waals surface area contributed by atoms with Gasteiger partial charge >= 0.3 is 11.9 Å². The maximum absolute atomic E-state index is 11.7. The summed E-state index contributed by atoms with van der Waals surface area (Å²) in [7, 11) is 0. The van der Waals surface area contributed by atoms with Crippen molar-refractivity contribution in [3.05, 3.63) is 35.8 Å². The van der Waals surface area contributed by atoms with Gasteiger partial charge in [0.05, 0.1) is 24.6 Å². The van der Waals surface area contributed by atoms with Crippen molar-refractivity contribution in [2.75, 3.05) is 18.5 Å². The first kappa shape index (κ1) is 15.7. The van der Waals surface area contributed by atoms with Crippen LogP contribution >= 0.6 is 0 Å². The molecule has 0 radical (unpaired) electrons. The molecule has 0 fully saturated rings.